The van der Waals surface area contributed by atoms with Crippen molar-refractivity contribution in [3.63, 3.8) is 0 Å². The van der Waals surface area contributed by atoms with E-state index in [-0.39, 0.29) is 0 Å². The zero-order valence-electron chi connectivity index (χ0n) is 12.8. The maximum atomic E-state index is 3.77. The van der Waals surface area contributed by atoms with Crippen molar-refractivity contribution in [3.05, 3.63) is 35.4 Å². The molecule has 2 atom stereocenters. The Morgan fingerprint density at radius 3 is 2.84 bits per heavy atom. The highest BCUT2D eigenvalue weighted by atomic mass is 14.9. The molecule has 1 aromatic carbocycles. The van der Waals surface area contributed by atoms with E-state index in [0.717, 1.165) is 30.8 Å². The molecule has 1 aliphatic rings. The standard InChI is InChI=1S/C18H29N/c1-14(2)17-8-5-9-18(13-17)19-11-10-16-7-4-6-15(3)12-16/h4,6-7,12,14,17-19H,5,8-11,13H2,1-3H3. The number of benzene rings is 1. The van der Waals surface area contributed by atoms with Gasteiger partial charge in [-0.3, -0.25) is 0 Å². The van der Waals surface area contributed by atoms with E-state index in [4.69, 9.17) is 0 Å². The van der Waals surface area contributed by atoms with Crippen molar-refractivity contribution in [1.82, 2.24) is 5.32 Å². The third kappa shape index (κ3) is 4.65. The first-order chi connectivity index (χ1) is 9.15. The monoisotopic (exact) mass is 259 g/mol. The first-order valence-corrected chi connectivity index (χ1v) is 7.94. The maximum Gasteiger partial charge on any atom is 0.00699 e. The number of nitrogens with one attached hydrogen (secondary N) is 1. The van der Waals surface area contributed by atoms with Crippen LogP contribution in [0.3, 0.4) is 0 Å². The summed E-state index contributed by atoms with van der Waals surface area (Å²) in [6.45, 7) is 8.05. The van der Waals surface area contributed by atoms with E-state index in [9.17, 15) is 0 Å². The van der Waals surface area contributed by atoms with Gasteiger partial charge in [-0.15, -0.1) is 0 Å². The van der Waals surface area contributed by atoms with Crippen LogP contribution in [0.2, 0.25) is 0 Å². The van der Waals surface area contributed by atoms with Crippen LogP contribution in [-0.4, -0.2) is 12.6 Å². The highest BCUT2D eigenvalue weighted by molar-refractivity contribution is 5.22. The molecule has 0 aliphatic heterocycles. The van der Waals surface area contributed by atoms with E-state index < -0.39 is 0 Å². The van der Waals surface area contributed by atoms with Crippen LogP contribution in [0.15, 0.2) is 24.3 Å². The summed E-state index contributed by atoms with van der Waals surface area (Å²) in [5.74, 6) is 1.78. The van der Waals surface area contributed by atoms with Gasteiger partial charge in [0.2, 0.25) is 0 Å². The molecule has 19 heavy (non-hydrogen) atoms. The molecule has 106 valence electrons. The summed E-state index contributed by atoms with van der Waals surface area (Å²) < 4.78 is 0. The Labute approximate surface area is 118 Å². The molecule has 0 spiro atoms. The van der Waals surface area contributed by atoms with Crippen molar-refractivity contribution in [2.75, 3.05) is 6.54 Å². The molecule has 0 radical (unpaired) electrons. The average Bonchev–Trinajstić information content (AvgIpc) is 2.39. The number of hydrogen-bond acceptors (Lipinski definition) is 1. The summed E-state index contributed by atoms with van der Waals surface area (Å²) in [4.78, 5) is 0. The quantitative estimate of drug-likeness (QED) is 0.829. The van der Waals surface area contributed by atoms with Crippen LogP contribution in [0, 0.1) is 18.8 Å². The summed E-state index contributed by atoms with van der Waals surface area (Å²) in [7, 11) is 0. The molecule has 0 heterocycles. The summed E-state index contributed by atoms with van der Waals surface area (Å²) >= 11 is 0. The fourth-order valence-corrected chi connectivity index (χ4v) is 3.31. The molecule has 0 saturated heterocycles. The number of rotatable bonds is 5. The normalized spacial score (nSPS) is 23.8. The van der Waals surface area contributed by atoms with Crippen molar-refractivity contribution in [2.45, 2.75) is 58.9 Å². The third-order valence-electron chi connectivity index (χ3n) is 4.59. The topological polar surface area (TPSA) is 12.0 Å². The lowest BCUT2D eigenvalue weighted by atomic mass is 9.79. The van der Waals surface area contributed by atoms with Gasteiger partial charge < -0.3 is 5.32 Å². The molecular formula is C18H29N. The van der Waals surface area contributed by atoms with Crippen molar-refractivity contribution >= 4 is 0 Å². The smallest absolute Gasteiger partial charge is 0.00699 e. The van der Waals surface area contributed by atoms with Crippen molar-refractivity contribution in [3.8, 4) is 0 Å². The molecule has 2 rings (SSSR count). The number of aryl methyl sites for hydroxylation is 1. The van der Waals surface area contributed by atoms with E-state index in [1.165, 1.54) is 36.8 Å². The molecule has 1 N–H and O–H groups in total. The van der Waals surface area contributed by atoms with Gasteiger partial charge in [0, 0.05) is 6.04 Å². The van der Waals surface area contributed by atoms with Gasteiger partial charge >= 0.3 is 0 Å². The lowest BCUT2D eigenvalue weighted by Crippen LogP contribution is -2.36. The van der Waals surface area contributed by atoms with E-state index in [2.05, 4.69) is 50.4 Å². The molecule has 0 amide bonds. The van der Waals surface area contributed by atoms with Crippen LogP contribution < -0.4 is 5.32 Å². The fourth-order valence-electron chi connectivity index (χ4n) is 3.31. The summed E-state index contributed by atoms with van der Waals surface area (Å²) in [5, 5.41) is 3.77. The van der Waals surface area contributed by atoms with E-state index >= 15 is 0 Å². The highest BCUT2D eigenvalue weighted by Crippen LogP contribution is 2.29. The van der Waals surface area contributed by atoms with Crippen LogP contribution in [0.1, 0.15) is 50.7 Å². The molecule has 0 aromatic heterocycles. The van der Waals surface area contributed by atoms with Gasteiger partial charge in [0.1, 0.15) is 0 Å². The zero-order valence-corrected chi connectivity index (χ0v) is 12.8. The Balaban J connectivity index is 1.73. The van der Waals surface area contributed by atoms with Crippen LogP contribution in [0.4, 0.5) is 0 Å². The van der Waals surface area contributed by atoms with Crippen LogP contribution in [-0.2, 0) is 6.42 Å². The Bertz CT molecular complexity index is 383. The van der Waals surface area contributed by atoms with Crippen LogP contribution in [0.25, 0.3) is 0 Å². The van der Waals surface area contributed by atoms with E-state index in [1.54, 1.807) is 0 Å². The highest BCUT2D eigenvalue weighted by Gasteiger charge is 2.23. The van der Waals surface area contributed by atoms with Gasteiger partial charge in [-0.2, -0.15) is 0 Å². The van der Waals surface area contributed by atoms with Crippen LogP contribution >= 0.6 is 0 Å². The number of hydrogen-bond donors (Lipinski definition) is 1. The Kier molecular flexibility index (Phi) is 5.45. The lowest BCUT2D eigenvalue weighted by Gasteiger charge is -2.32. The molecular weight excluding hydrogens is 230 g/mol. The van der Waals surface area contributed by atoms with Gasteiger partial charge in [-0.05, 0) is 50.1 Å². The van der Waals surface area contributed by atoms with E-state index in [1.807, 2.05) is 0 Å². The lowest BCUT2D eigenvalue weighted by molar-refractivity contribution is 0.232. The largest absolute Gasteiger partial charge is 0.314 e. The molecule has 1 aliphatic carbocycles. The molecule has 1 heteroatoms. The Morgan fingerprint density at radius 1 is 1.26 bits per heavy atom. The van der Waals surface area contributed by atoms with Crippen molar-refractivity contribution < 1.29 is 0 Å². The average molecular weight is 259 g/mol. The van der Waals surface area contributed by atoms with Crippen LogP contribution in [0.5, 0.6) is 0 Å². The van der Waals surface area contributed by atoms with Gasteiger partial charge in [0.25, 0.3) is 0 Å². The van der Waals surface area contributed by atoms with E-state index in [0.29, 0.717) is 0 Å². The minimum atomic E-state index is 0.756. The first kappa shape index (κ1) is 14.6. The second kappa shape index (κ2) is 7.09. The summed E-state index contributed by atoms with van der Waals surface area (Å²) in [6, 6.07) is 9.64. The maximum absolute atomic E-state index is 3.77. The minimum absolute atomic E-state index is 0.756. The summed E-state index contributed by atoms with van der Waals surface area (Å²) in [6.07, 6.45) is 6.76. The minimum Gasteiger partial charge on any atom is -0.314 e. The third-order valence-corrected chi connectivity index (χ3v) is 4.59. The predicted molar refractivity (Wildman–Crippen MR) is 83.5 cm³/mol. The molecule has 1 nitrogen and oxygen atoms in total. The molecule has 1 fully saturated rings. The van der Waals surface area contributed by atoms with Gasteiger partial charge in [0.15, 0.2) is 0 Å². The molecule has 1 aromatic rings. The Hall–Kier alpha value is -0.820. The summed E-state index contributed by atoms with van der Waals surface area (Å²) in [5.41, 5.74) is 2.83. The van der Waals surface area contributed by atoms with Gasteiger partial charge in [-0.25, -0.2) is 0 Å². The first-order valence-electron chi connectivity index (χ1n) is 7.94. The second-order valence-electron chi connectivity index (χ2n) is 6.56. The second-order valence-corrected chi connectivity index (χ2v) is 6.56. The zero-order chi connectivity index (χ0) is 13.7. The van der Waals surface area contributed by atoms with Gasteiger partial charge in [-0.1, -0.05) is 56.5 Å². The Morgan fingerprint density at radius 2 is 2.11 bits per heavy atom. The van der Waals surface area contributed by atoms with Crippen molar-refractivity contribution in [1.29, 1.82) is 0 Å². The molecule has 1 saturated carbocycles. The fraction of sp³-hybridized carbons (Fsp3) is 0.667. The molecule has 0 bridgehead atoms. The van der Waals surface area contributed by atoms with Crippen molar-refractivity contribution in [2.24, 2.45) is 11.8 Å². The van der Waals surface area contributed by atoms with Gasteiger partial charge in [0.05, 0.1) is 0 Å². The molecule has 2 unspecified atom stereocenters. The predicted octanol–water partition coefficient (Wildman–Crippen LogP) is 4.34. The SMILES string of the molecule is Cc1cccc(CCNC2CCCC(C(C)C)C2)c1.